The molecule has 1 N–H and O–H groups in total. The Hall–Kier alpha value is -0.570. The molecule has 0 bridgehead atoms. The average molecular weight is 267 g/mol. The van der Waals surface area contributed by atoms with Crippen molar-refractivity contribution in [1.82, 2.24) is 10.2 Å². The first-order chi connectivity index (χ1) is 8.49. The fourth-order valence-corrected chi connectivity index (χ4v) is 2.85. The molecular formula is C15H23ClN2. The van der Waals surface area contributed by atoms with E-state index in [2.05, 4.69) is 50.0 Å². The molecule has 0 aromatic heterocycles. The van der Waals surface area contributed by atoms with E-state index in [-0.39, 0.29) is 0 Å². The van der Waals surface area contributed by atoms with Gasteiger partial charge >= 0.3 is 0 Å². The molecule has 1 aromatic carbocycles. The van der Waals surface area contributed by atoms with Crippen molar-refractivity contribution in [3.8, 4) is 0 Å². The first kappa shape index (κ1) is 13.9. The third-order valence-corrected chi connectivity index (χ3v) is 4.55. The lowest BCUT2D eigenvalue weighted by atomic mass is 9.96. The summed E-state index contributed by atoms with van der Waals surface area (Å²) >= 11 is 5.93. The molecule has 1 saturated heterocycles. The van der Waals surface area contributed by atoms with Gasteiger partial charge in [0.15, 0.2) is 0 Å². The van der Waals surface area contributed by atoms with E-state index < -0.39 is 0 Å². The van der Waals surface area contributed by atoms with Crippen LogP contribution in [0.2, 0.25) is 5.02 Å². The van der Waals surface area contributed by atoms with E-state index >= 15 is 0 Å². The van der Waals surface area contributed by atoms with E-state index in [0.29, 0.717) is 24.2 Å². The molecular weight excluding hydrogens is 244 g/mol. The Bertz CT molecular complexity index is 376. The molecule has 2 rings (SSSR count). The van der Waals surface area contributed by atoms with Crippen molar-refractivity contribution in [3.63, 3.8) is 0 Å². The molecule has 2 nitrogen and oxygen atoms in total. The van der Waals surface area contributed by atoms with E-state index in [4.69, 9.17) is 11.6 Å². The molecule has 4 atom stereocenters. The Morgan fingerprint density at radius 3 is 2.00 bits per heavy atom. The number of hydrogen-bond donors (Lipinski definition) is 1. The van der Waals surface area contributed by atoms with Crippen LogP contribution in [0.5, 0.6) is 0 Å². The second-order valence-electron chi connectivity index (χ2n) is 5.52. The third-order valence-electron chi connectivity index (χ3n) is 4.30. The Morgan fingerprint density at radius 2 is 1.50 bits per heavy atom. The van der Waals surface area contributed by atoms with Crippen LogP contribution in [0.15, 0.2) is 24.3 Å². The van der Waals surface area contributed by atoms with Gasteiger partial charge < -0.3 is 5.32 Å². The Morgan fingerprint density at radius 1 is 1.00 bits per heavy atom. The van der Waals surface area contributed by atoms with Crippen LogP contribution in [-0.2, 0) is 6.54 Å². The summed E-state index contributed by atoms with van der Waals surface area (Å²) in [5.74, 6) is 0. The summed E-state index contributed by atoms with van der Waals surface area (Å²) in [6.45, 7) is 10.1. The van der Waals surface area contributed by atoms with Crippen LogP contribution < -0.4 is 5.32 Å². The first-order valence-corrected chi connectivity index (χ1v) is 7.13. The van der Waals surface area contributed by atoms with Gasteiger partial charge in [0.25, 0.3) is 0 Å². The number of nitrogens with one attached hydrogen (secondary N) is 1. The second kappa shape index (κ2) is 5.60. The largest absolute Gasteiger partial charge is 0.309 e. The number of halogens is 1. The minimum absolute atomic E-state index is 0.531. The molecule has 1 aromatic rings. The van der Waals surface area contributed by atoms with Crippen LogP contribution >= 0.6 is 11.6 Å². The summed E-state index contributed by atoms with van der Waals surface area (Å²) in [6.07, 6.45) is 0. The highest BCUT2D eigenvalue weighted by Gasteiger charge is 2.33. The van der Waals surface area contributed by atoms with Gasteiger partial charge in [0.2, 0.25) is 0 Å². The molecule has 1 fully saturated rings. The van der Waals surface area contributed by atoms with Gasteiger partial charge in [0.1, 0.15) is 0 Å². The van der Waals surface area contributed by atoms with Gasteiger partial charge in [-0.15, -0.1) is 0 Å². The summed E-state index contributed by atoms with van der Waals surface area (Å²) in [6, 6.07) is 10.4. The molecule has 3 heteroatoms. The molecule has 0 unspecified atom stereocenters. The van der Waals surface area contributed by atoms with Crippen molar-refractivity contribution in [2.24, 2.45) is 0 Å². The van der Waals surface area contributed by atoms with Crippen LogP contribution in [0, 0.1) is 0 Å². The van der Waals surface area contributed by atoms with Crippen LogP contribution in [0.4, 0.5) is 0 Å². The Labute approximate surface area is 115 Å². The zero-order valence-electron chi connectivity index (χ0n) is 11.7. The number of rotatable bonds is 2. The van der Waals surface area contributed by atoms with E-state index in [9.17, 15) is 0 Å². The summed E-state index contributed by atoms with van der Waals surface area (Å²) in [7, 11) is 0. The maximum atomic E-state index is 5.93. The summed E-state index contributed by atoms with van der Waals surface area (Å²) in [4.78, 5) is 2.58. The predicted octanol–water partition coefficient (Wildman–Crippen LogP) is 3.30. The van der Waals surface area contributed by atoms with E-state index in [1.807, 2.05) is 12.1 Å². The lowest BCUT2D eigenvalue weighted by Gasteiger charge is -2.47. The second-order valence-corrected chi connectivity index (χ2v) is 5.96. The zero-order chi connectivity index (χ0) is 13.3. The van der Waals surface area contributed by atoms with Gasteiger partial charge in [0.05, 0.1) is 0 Å². The van der Waals surface area contributed by atoms with Gasteiger partial charge in [-0.25, -0.2) is 0 Å². The minimum atomic E-state index is 0.531. The topological polar surface area (TPSA) is 15.3 Å². The molecule has 0 aliphatic carbocycles. The van der Waals surface area contributed by atoms with Gasteiger partial charge in [-0.05, 0) is 45.4 Å². The molecule has 0 saturated carbocycles. The molecule has 18 heavy (non-hydrogen) atoms. The number of piperazine rings is 1. The normalized spacial score (nSPS) is 33.6. The van der Waals surface area contributed by atoms with Crippen LogP contribution in [0.25, 0.3) is 0 Å². The Kier molecular flexibility index (Phi) is 4.31. The highest BCUT2D eigenvalue weighted by Crippen LogP contribution is 2.22. The third kappa shape index (κ3) is 2.87. The van der Waals surface area contributed by atoms with Gasteiger partial charge in [-0.2, -0.15) is 0 Å². The van der Waals surface area contributed by atoms with E-state index in [1.54, 1.807) is 0 Å². The maximum Gasteiger partial charge on any atom is 0.0406 e. The number of nitrogens with zero attached hydrogens (tertiary/aromatic N) is 1. The van der Waals surface area contributed by atoms with Crippen molar-refractivity contribution < 1.29 is 0 Å². The lowest BCUT2D eigenvalue weighted by molar-refractivity contribution is 0.0515. The first-order valence-electron chi connectivity index (χ1n) is 6.75. The molecule has 100 valence electrons. The highest BCUT2D eigenvalue weighted by molar-refractivity contribution is 6.30. The summed E-state index contributed by atoms with van der Waals surface area (Å²) in [5, 5.41) is 4.45. The minimum Gasteiger partial charge on any atom is -0.309 e. The van der Waals surface area contributed by atoms with Crippen molar-refractivity contribution in [2.45, 2.75) is 58.4 Å². The predicted molar refractivity (Wildman–Crippen MR) is 78.0 cm³/mol. The number of hydrogen-bond acceptors (Lipinski definition) is 2. The van der Waals surface area contributed by atoms with E-state index in [0.717, 1.165) is 11.6 Å². The molecule has 0 radical (unpaired) electrons. The van der Waals surface area contributed by atoms with Gasteiger partial charge in [-0.3, -0.25) is 4.90 Å². The molecule has 1 aliphatic rings. The standard InChI is InChI=1S/C15H23ClN2/c1-10-12(3)18(13(4)11(2)17-10)9-14-5-7-15(16)8-6-14/h5-8,10-13,17H,9H2,1-4H3/t10-,11+,12-,13-/m1/s1. The van der Waals surface area contributed by atoms with Crippen molar-refractivity contribution in [3.05, 3.63) is 34.9 Å². The molecule has 0 amide bonds. The van der Waals surface area contributed by atoms with Crippen molar-refractivity contribution in [1.29, 1.82) is 0 Å². The van der Waals surface area contributed by atoms with E-state index in [1.165, 1.54) is 5.56 Å². The van der Waals surface area contributed by atoms with Crippen molar-refractivity contribution in [2.75, 3.05) is 0 Å². The van der Waals surface area contributed by atoms with Crippen LogP contribution in [0.1, 0.15) is 33.3 Å². The molecule has 0 spiro atoms. The molecule has 1 heterocycles. The quantitative estimate of drug-likeness (QED) is 0.884. The molecule has 1 aliphatic heterocycles. The summed E-state index contributed by atoms with van der Waals surface area (Å²) in [5.41, 5.74) is 1.33. The Balaban J connectivity index is 2.12. The van der Waals surface area contributed by atoms with Crippen LogP contribution in [-0.4, -0.2) is 29.1 Å². The fourth-order valence-electron chi connectivity index (χ4n) is 2.73. The SMILES string of the molecule is C[C@@H]1N[C@H](C)[C@@H](C)N(Cc2ccc(Cl)cc2)[C@@H]1C. The summed E-state index contributed by atoms with van der Waals surface area (Å²) < 4.78 is 0. The number of benzene rings is 1. The smallest absolute Gasteiger partial charge is 0.0406 e. The van der Waals surface area contributed by atoms with Crippen molar-refractivity contribution >= 4 is 11.6 Å². The fraction of sp³-hybridized carbons (Fsp3) is 0.600. The maximum absolute atomic E-state index is 5.93. The monoisotopic (exact) mass is 266 g/mol. The van der Waals surface area contributed by atoms with Crippen LogP contribution in [0.3, 0.4) is 0 Å². The lowest BCUT2D eigenvalue weighted by Crippen LogP contribution is -2.63. The van der Waals surface area contributed by atoms with Gasteiger partial charge in [0, 0.05) is 35.7 Å². The van der Waals surface area contributed by atoms with Gasteiger partial charge in [-0.1, -0.05) is 23.7 Å². The zero-order valence-corrected chi connectivity index (χ0v) is 12.4. The average Bonchev–Trinajstić information content (AvgIpc) is 2.34. The highest BCUT2D eigenvalue weighted by atomic mass is 35.5.